The summed E-state index contributed by atoms with van der Waals surface area (Å²) in [6.07, 6.45) is 0.491. The molecule has 1 aliphatic heterocycles. The van der Waals surface area contributed by atoms with Gasteiger partial charge in [0.15, 0.2) is 0 Å². The van der Waals surface area contributed by atoms with Crippen LogP contribution in [0.15, 0.2) is 18.2 Å². The fourth-order valence-electron chi connectivity index (χ4n) is 2.96. The van der Waals surface area contributed by atoms with Gasteiger partial charge < -0.3 is 15.1 Å². The molecular formula is C19H28ClN3O2. The Morgan fingerprint density at radius 3 is 2.28 bits per heavy atom. The van der Waals surface area contributed by atoms with E-state index in [2.05, 4.69) is 10.2 Å². The lowest BCUT2D eigenvalue weighted by Gasteiger charge is -2.37. The van der Waals surface area contributed by atoms with Crippen LogP contribution in [0.25, 0.3) is 0 Å². The maximum absolute atomic E-state index is 12.1. The average Bonchev–Trinajstić information content (AvgIpc) is 2.53. The predicted octanol–water partition coefficient (Wildman–Crippen LogP) is 3.63. The standard InChI is InChI=1S/C19H28ClN3O2/c1-13(2)11-18(24)21-15-5-6-17(16(20)12-15)22-7-9-23(10-8-22)19(25)14(3)4/h5-6,12-14H,7-11H2,1-4H3,(H,21,24). The Morgan fingerprint density at radius 1 is 1.12 bits per heavy atom. The SMILES string of the molecule is CC(C)CC(=O)Nc1ccc(N2CCN(C(=O)C(C)C)CC2)c(Cl)c1. The van der Waals surface area contributed by atoms with Crippen LogP contribution < -0.4 is 10.2 Å². The highest BCUT2D eigenvalue weighted by Crippen LogP contribution is 2.30. The number of hydrogen-bond donors (Lipinski definition) is 1. The molecule has 0 saturated carbocycles. The highest BCUT2D eigenvalue weighted by molar-refractivity contribution is 6.33. The largest absolute Gasteiger partial charge is 0.367 e. The van der Waals surface area contributed by atoms with E-state index < -0.39 is 0 Å². The molecule has 0 spiro atoms. The van der Waals surface area contributed by atoms with Crippen LogP contribution in [-0.2, 0) is 9.59 Å². The van der Waals surface area contributed by atoms with E-state index >= 15 is 0 Å². The quantitative estimate of drug-likeness (QED) is 0.866. The summed E-state index contributed by atoms with van der Waals surface area (Å²) in [5.41, 5.74) is 1.66. The van der Waals surface area contributed by atoms with Crippen LogP contribution in [0.2, 0.25) is 5.02 Å². The molecule has 0 bridgehead atoms. The van der Waals surface area contributed by atoms with Gasteiger partial charge in [-0.2, -0.15) is 0 Å². The number of hydrogen-bond acceptors (Lipinski definition) is 3. The highest BCUT2D eigenvalue weighted by Gasteiger charge is 2.24. The van der Waals surface area contributed by atoms with Crippen LogP contribution in [0.4, 0.5) is 11.4 Å². The first-order valence-electron chi connectivity index (χ1n) is 8.91. The Morgan fingerprint density at radius 2 is 1.76 bits per heavy atom. The molecule has 5 nitrogen and oxygen atoms in total. The summed E-state index contributed by atoms with van der Waals surface area (Å²) in [5.74, 6) is 0.553. The van der Waals surface area contributed by atoms with Crippen molar-refractivity contribution >= 4 is 34.8 Å². The second kappa shape index (κ2) is 8.56. The van der Waals surface area contributed by atoms with Gasteiger partial charge in [-0.15, -0.1) is 0 Å². The number of nitrogens with one attached hydrogen (secondary N) is 1. The molecule has 1 saturated heterocycles. The maximum Gasteiger partial charge on any atom is 0.225 e. The molecule has 1 fully saturated rings. The fourth-order valence-corrected chi connectivity index (χ4v) is 3.26. The normalized spacial score (nSPS) is 15.0. The Hall–Kier alpha value is -1.75. The van der Waals surface area contributed by atoms with E-state index in [0.29, 0.717) is 36.1 Å². The third kappa shape index (κ3) is 5.36. The minimum absolute atomic E-state index is 0.000344. The van der Waals surface area contributed by atoms with Gasteiger partial charge in [0.2, 0.25) is 11.8 Å². The number of anilines is 2. The van der Waals surface area contributed by atoms with E-state index in [1.54, 1.807) is 6.07 Å². The molecule has 1 N–H and O–H groups in total. The molecular weight excluding hydrogens is 338 g/mol. The molecule has 6 heteroatoms. The number of benzene rings is 1. The first kappa shape index (κ1) is 19.6. The minimum atomic E-state index is -0.000344. The minimum Gasteiger partial charge on any atom is -0.367 e. The third-order valence-electron chi connectivity index (χ3n) is 4.25. The van der Waals surface area contributed by atoms with Gasteiger partial charge in [-0.25, -0.2) is 0 Å². The van der Waals surface area contributed by atoms with Crippen molar-refractivity contribution in [3.8, 4) is 0 Å². The van der Waals surface area contributed by atoms with Gasteiger partial charge in [0, 0.05) is 44.2 Å². The van der Waals surface area contributed by atoms with Crippen LogP contribution in [-0.4, -0.2) is 42.9 Å². The van der Waals surface area contributed by atoms with Crippen LogP contribution in [0.5, 0.6) is 0 Å². The average molecular weight is 366 g/mol. The number of nitrogens with zero attached hydrogens (tertiary/aromatic N) is 2. The summed E-state index contributed by atoms with van der Waals surface area (Å²) in [7, 11) is 0. The van der Waals surface area contributed by atoms with E-state index in [9.17, 15) is 9.59 Å². The van der Waals surface area contributed by atoms with Gasteiger partial charge in [0.05, 0.1) is 10.7 Å². The molecule has 2 rings (SSSR count). The first-order valence-corrected chi connectivity index (χ1v) is 9.29. The summed E-state index contributed by atoms with van der Waals surface area (Å²) in [6.45, 7) is 10.8. The van der Waals surface area contributed by atoms with Gasteiger partial charge in [0.1, 0.15) is 0 Å². The van der Waals surface area contributed by atoms with Crippen molar-refractivity contribution in [1.29, 1.82) is 0 Å². The van der Waals surface area contributed by atoms with Gasteiger partial charge >= 0.3 is 0 Å². The smallest absolute Gasteiger partial charge is 0.225 e. The second-order valence-electron chi connectivity index (χ2n) is 7.28. The molecule has 1 heterocycles. The summed E-state index contributed by atoms with van der Waals surface area (Å²) in [6, 6.07) is 5.61. The van der Waals surface area contributed by atoms with Gasteiger partial charge in [-0.05, 0) is 24.1 Å². The zero-order chi connectivity index (χ0) is 18.6. The Labute approximate surface area is 155 Å². The topological polar surface area (TPSA) is 52.7 Å². The summed E-state index contributed by atoms with van der Waals surface area (Å²) >= 11 is 6.43. The van der Waals surface area contributed by atoms with Crippen molar-refractivity contribution in [3.05, 3.63) is 23.2 Å². The lowest BCUT2D eigenvalue weighted by molar-refractivity contribution is -0.134. The van der Waals surface area contributed by atoms with Gasteiger partial charge in [-0.1, -0.05) is 39.3 Å². The monoisotopic (exact) mass is 365 g/mol. The first-order chi connectivity index (χ1) is 11.8. The Balaban J connectivity index is 1.97. The van der Waals surface area contributed by atoms with Crippen LogP contribution >= 0.6 is 11.6 Å². The fraction of sp³-hybridized carbons (Fsp3) is 0.579. The molecule has 0 unspecified atom stereocenters. The van der Waals surface area contributed by atoms with Crippen molar-refractivity contribution in [2.24, 2.45) is 11.8 Å². The molecule has 25 heavy (non-hydrogen) atoms. The molecule has 138 valence electrons. The molecule has 0 aliphatic carbocycles. The molecule has 0 radical (unpaired) electrons. The highest BCUT2D eigenvalue weighted by atomic mass is 35.5. The molecule has 0 aromatic heterocycles. The van der Waals surface area contributed by atoms with E-state index in [-0.39, 0.29) is 17.7 Å². The summed E-state index contributed by atoms with van der Waals surface area (Å²) < 4.78 is 0. The summed E-state index contributed by atoms with van der Waals surface area (Å²) in [4.78, 5) is 28.0. The molecule has 0 atom stereocenters. The zero-order valence-corrected chi connectivity index (χ0v) is 16.3. The molecule has 1 aromatic carbocycles. The Bertz CT molecular complexity index is 623. The van der Waals surface area contributed by atoms with Crippen LogP contribution in [0.1, 0.15) is 34.1 Å². The van der Waals surface area contributed by atoms with Gasteiger partial charge in [-0.3, -0.25) is 9.59 Å². The van der Waals surface area contributed by atoms with Crippen molar-refractivity contribution in [1.82, 2.24) is 4.90 Å². The van der Waals surface area contributed by atoms with Crippen molar-refractivity contribution in [3.63, 3.8) is 0 Å². The molecule has 1 aromatic rings. The number of piperazine rings is 1. The van der Waals surface area contributed by atoms with Crippen molar-refractivity contribution in [2.45, 2.75) is 34.1 Å². The number of rotatable bonds is 5. The second-order valence-corrected chi connectivity index (χ2v) is 7.69. The predicted molar refractivity (Wildman–Crippen MR) is 103 cm³/mol. The number of carbonyl (C=O) groups excluding carboxylic acids is 2. The van der Waals surface area contributed by atoms with Crippen molar-refractivity contribution < 1.29 is 9.59 Å². The molecule has 1 aliphatic rings. The van der Waals surface area contributed by atoms with E-state index in [1.165, 1.54) is 0 Å². The van der Waals surface area contributed by atoms with E-state index in [1.807, 2.05) is 44.7 Å². The van der Waals surface area contributed by atoms with Crippen LogP contribution in [0.3, 0.4) is 0 Å². The lowest BCUT2D eigenvalue weighted by Crippen LogP contribution is -2.50. The van der Waals surface area contributed by atoms with Crippen molar-refractivity contribution in [2.75, 3.05) is 36.4 Å². The summed E-state index contributed by atoms with van der Waals surface area (Å²) in [5, 5.41) is 3.50. The number of carbonyl (C=O) groups is 2. The van der Waals surface area contributed by atoms with E-state index in [0.717, 1.165) is 18.8 Å². The van der Waals surface area contributed by atoms with Gasteiger partial charge in [0.25, 0.3) is 0 Å². The third-order valence-corrected chi connectivity index (χ3v) is 4.55. The van der Waals surface area contributed by atoms with Crippen LogP contribution in [0, 0.1) is 11.8 Å². The maximum atomic E-state index is 12.1. The Kier molecular flexibility index (Phi) is 6.71. The number of halogens is 1. The molecule has 2 amide bonds. The zero-order valence-electron chi connectivity index (χ0n) is 15.5. The van der Waals surface area contributed by atoms with E-state index in [4.69, 9.17) is 11.6 Å². The number of amides is 2. The lowest BCUT2D eigenvalue weighted by atomic mass is 10.1.